The Kier molecular flexibility index (Phi) is 3.62. The smallest absolute Gasteiger partial charge is 0.416 e. The Morgan fingerprint density at radius 1 is 0.786 bits per heavy atom. The van der Waals surface area contributed by atoms with Crippen LogP contribution in [0.1, 0.15) is 46.9 Å². The van der Waals surface area contributed by atoms with E-state index < -0.39 is 58.5 Å². The van der Waals surface area contributed by atoms with Crippen LogP contribution < -0.4 is 0 Å². The van der Waals surface area contributed by atoms with Crippen molar-refractivity contribution in [1.29, 1.82) is 0 Å². The molecule has 5 nitrogen and oxygen atoms in total. The van der Waals surface area contributed by atoms with E-state index in [0.29, 0.717) is 16.7 Å². The number of benzene rings is 1. The van der Waals surface area contributed by atoms with Gasteiger partial charge in [-0.15, -0.1) is 0 Å². The Hall–Kier alpha value is -2.40. The van der Waals surface area contributed by atoms with Gasteiger partial charge in [-0.3, -0.25) is 4.57 Å². The first kappa shape index (κ1) is 18.9. The van der Waals surface area contributed by atoms with Crippen LogP contribution in [-0.4, -0.2) is 30.8 Å². The number of aliphatic hydroxyl groups is 2. The van der Waals surface area contributed by atoms with E-state index in [-0.39, 0.29) is 30.0 Å². The third-order valence-electron chi connectivity index (χ3n) is 5.49. The Bertz CT molecular complexity index is 906. The molecular formula is C17H13F6NO4. The van der Waals surface area contributed by atoms with Crippen molar-refractivity contribution in [2.75, 3.05) is 0 Å². The summed E-state index contributed by atoms with van der Waals surface area (Å²) in [5.41, 5.74) is -4.11. The first-order valence-electron chi connectivity index (χ1n) is 8.15. The molecule has 11 heteroatoms. The van der Waals surface area contributed by atoms with Gasteiger partial charge in [-0.05, 0) is 31.0 Å². The van der Waals surface area contributed by atoms with Crippen LogP contribution in [0.2, 0.25) is 0 Å². The highest BCUT2D eigenvalue weighted by Gasteiger charge is 2.60. The Morgan fingerprint density at radius 3 is 1.54 bits per heavy atom. The molecule has 152 valence electrons. The normalized spacial score (nSPS) is 23.3. The van der Waals surface area contributed by atoms with Gasteiger partial charge in [-0.1, -0.05) is 0 Å². The standard InChI is InChI=1S/C17H13F6NO4/c18-16(19,20)6-3-7(17(21,22)23)5-8(4-6)24-13(25)11-9-1-2-10(15(9,27)28)12(11)14(24)26/h3-5,9-10,25-28H,1-2H2. The number of rotatable bonds is 1. The quantitative estimate of drug-likeness (QED) is 0.429. The molecule has 2 aliphatic rings. The van der Waals surface area contributed by atoms with Gasteiger partial charge >= 0.3 is 12.4 Å². The van der Waals surface area contributed by atoms with Crippen LogP contribution in [0.5, 0.6) is 11.8 Å². The zero-order chi connectivity index (χ0) is 20.8. The van der Waals surface area contributed by atoms with Crippen molar-refractivity contribution in [3.8, 4) is 17.4 Å². The fourth-order valence-corrected chi connectivity index (χ4v) is 4.30. The number of hydrogen-bond donors (Lipinski definition) is 4. The fourth-order valence-electron chi connectivity index (χ4n) is 4.30. The summed E-state index contributed by atoms with van der Waals surface area (Å²) in [6.07, 6.45) is -9.72. The molecule has 0 radical (unpaired) electrons. The molecule has 1 fully saturated rings. The van der Waals surface area contributed by atoms with E-state index in [4.69, 9.17) is 0 Å². The molecule has 1 aromatic carbocycles. The molecule has 1 heterocycles. The molecule has 0 amide bonds. The van der Waals surface area contributed by atoms with Crippen LogP contribution in [0.3, 0.4) is 0 Å². The number of alkyl halides is 6. The second kappa shape index (κ2) is 5.35. The van der Waals surface area contributed by atoms with E-state index in [2.05, 4.69) is 0 Å². The summed E-state index contributed by atoms with van der Waals surface area (Å²) >= 11 is 0. The monoisotopic (exact) mass is 409 g/mol. The number of hydrogen-bond acceptors (Lipinski definition) is 4. The van der Waals surface area contributed by atoms with E-state index in [9.17, 15) is 46.8 Å². The van der Waals surface area contributed by atoms with E-state index in [0.717, 1.165) is 0 Å². The highest BCUT2D eigenvalue weighted by Crippen LogP contribution is 2.64. The molecule has 4 rings (SSSR count). The predicted molar refractivity (Wildman–Crippen MR) is 81.0 cm³/mol. The highest BCUT2D eigenvalue weighted by molar-refractivity contribution is 5.62. The Balaban J connectivity index is 1.95. The van der Waals surface area contributed by atoms with Gasteiger partial charge in [-0.25, -0.2) is 0 Å². The lowest BCUT2D eigenvalue weighted by molar-refractivity contribution is -0.170. The molecule has 1 aromatic heterocycles. The second-order valence-electron chi connectivity index (χ2n) is 7.04. The van der Waals surface area contributed by atoms with E-state index in [1.54, 1.807) is 0 Å². The van der Waals surface area contributed by atoms with Crippen molar-refractivity contribution in [3.05, 3.63) is 40.5 Å². The van der Waals surface area contributed by atoms with Crippen LogP contribution in [0, 0.1) is 0 Å². The topological polar surface area (TPSA) is 85.9 Å². The van der Waals surface area contributed by atoms with Crippen LogP contribution >= 0.6 is 0 Å². The summed E-state index contributed by atoms with van der Waals surface area (Å²) in [6, 6.07) is 0.679. The summed E-state index contributed by atoms with van der Waals surface area (Å²) in [5.74, 6) is -5.90. The third-order valence-corrected chi connectivity index (χ3v) is 5.49. The highest BCUT2D eigenvalue weighted by atomic mass is 19.4. The molecule has 28 heavy (non-hydrogen) atoms. The van der Waals surface area contributed by atoms with Crippen molar-refractivity contribution >= 4 is 0 Å². The molecule has 2 aromatic rings. The molecule has 4 N–H and O–H groups in total. The van der Waals surface area contributed by atoms with Crippen molar-refractivity contribution in [2.45, 2.75) is 42.8 Å². The number of halogens is 6. The lowest BCUT2D eigenvalue weighted by Gasteiger charge is -2.23. The minimum atomic E-state index is -5.10. The van der Waals surface area contributed by atoms with E-state index >= 15 is 0 Å². The first-order valence-corrected chi connectivity index (χ1v) is 8.15. The van der Waals surface area contributed by atoms with Gasteiger partial charge in [0.05, 0.1) is 16.8 Å². The van der Waals surface area contributed by atoms with E-state index in [1.165, 1.54) is 0 Å². The lowest BCUT2D eigenvalue weighted by Crippen LogP contribution is -2.31. The molecule has 0 aliphatic heterocycles. The Labute approximate surface area is 153 Å². The summed E-state index contributed by atoms with van der Waals surface area (Å²) < 4.78 is 79.0. The number of nitrogens with zero attached hydrogens (tertiary/aromatic N) is 1. The first-order chi connectivity index (χ1) is 12.7. The minimum absolute atomic E-state index is 0.0645. The maximum atomic E-state index is 13.1. The average Bonchev–Trinajstić information content (AvgIpc) is 3.09. The van der Waals surface area contributed by atoms with Crippen LogP contribution in [0.25, 0.3) is 5.69 Å². The Morgan fingerprint density at radius 2 is 1.18 bits per heavy atom. The number of aromatic nitrogens is 1. The van der Waals surface area contributed by atoms with Gasteiger partial charge in [0.15, 0.2) is 5.79 Å². The molecule has 2 aliphatic carbocycles. The SMILES string of the molecule is Oc1c2c(c(O)n1-c1cc(C(F)(F)F)cc(C(F)(F)F)c1)C1CCC2C1(O)O. The lowest BCUT2D eigenvalue weighted by atomic mass is 9.95. The second-order valence-corrected chi connectivity index (χ2v) is 7.04. The average molecular weight is 409 g/mol. The molecule has 0 spiro atoms. The van der Waals surface area contributed by atoms with Crippen molar-refractivity contribution in [1.82, 2.24) is 4.57 Å². The van der Waals surface area contributed by atoms with Gasteiger partial charge in [-0.2, -0.15) is 26.3 Å². The summed E-state index contributed by atoms with van der Waals surface area (Å²) in [5, 5.41) is 41.2. The predicted octanol–water partition coefficient (Wildman–Crippen LogP) is 3.58. The molecule has 2 atom stereocenters. The van der Waals surface area contributed by atoms with Crippen LogP contribution in [-0.2, 0) is 12.4 Å². The fraction of sp³-hybridized carbons (Fsp3) is 0.412. The largest absolute Gasteiger partial charge is 0.494 e. The van der Waals surface area contributed by atoms with Crippen molar-refractivity contribution in [2.24, 2.45) is 0 Å². The molecule has 2 unspecified atom stereocenters. The maximum absolute atomic E-state index is 13.1. The van der Waals surface area contributed by atoms with Crippen LogP contribution in [0.4, 0.5) is 26.3 Å². The maximum Gasteiger partial charge on any atom is 0.416 e. The van der Waals surface area contributed by atoms with Gasteiger partial charge in [0.1, 0.15) is 0 Å². The molecule has 2 bridgehead atoms. The van der Waals surface area contributed by atoms with E-state index in [1.807, 2.05) is 0 Å². The zero-order valence-corrected chi connectivity index (χ0v) is 13.8. The third kappa shape index (κ3) is 2.42. The molecule has 0 saturated heterocycles. The van der Waals surface area contributed by atoms with Crippen LogP contribution in [0.15, 0.2) is 18.2 Å². The summed E-state index contributed by atoms with van der Waals surface area (Å²) in [6.45, 7) is 0. The van der Waals surface area contributed by atoms with Crippen molar-refractivity contribution < 1.29 is 46.8 Å². The van der Waals surface area contributed by atoms with Gasteiger partial charge < -0.3 is 20.4 Å². The van der Waals surface area contributed by atoms with Gasteiger partial charge in [0.25, 0.3) is 0 Å². The molecular weight excluding hydrogens is 396 g/mol. The summed E-state index contributed by atoms with van der Waals surface area (Å²) in [7, 11) is 0. The minimum Gasteiger partial charge on any atom is -0.494 e. The molecule has 1 saturated carbocycles. The summed E-state index contributed by atoms with van der Waals surface area (Å²) in [4.78, 5) is 0. The van der Waals surface area contributed by atoms with Gasteiger partial charge in [0.2, 0.25) is 11.8 Å². The van der Waals surface area contributed by atoms with Crippen molar-refractivity contribution in [3.63, 3.8) is 0 Å². The van der Waals surface area contributed by atoms with Gasteiger partial charge in [0, 0.05) is 23.0 Å². The number of aromatic hydroxyl groups is 2. The number of fused-ring (bicyclic) bond motifs is 5. The zero-order valence-electron chi connectivity index (χ0n) is 13.8.